The zero-order valence-electron chi connectivity index (χ0n) is 43.7. The van der Waals surface area contributed by atoms with E-state index in [0.29, 0.717) is 0 Å². The largest absolute Gasteiger partial charge is 0.305 e. The number of aromatic nitrogens is 4. The van der Waals surface area contributed by atoms with Crippen molar-refractivity contribution in [1.29, 1.82) is 0 Å². The van der Waals surface area contributed by atoms with Gasteiger partial charge in [-0.25, -0.2) is 9.97 Å². The lowest BCUT2D eigenvalue weighted by atomic mass is 9.97. The maximum atomic E-state index is 5.55. The lowest BCUT2D eigenvalue weighted by molar-refractivity contribution is 1.03. The summed E-state index contributed by atoms with van der Waals surface area (Å²) >= 11 is 0. The summed E-state index contributed by atoms with van der Waals surface area (Å²) in [6.07, 6.45) is 1.99. The van der Waals surface area contributed by atoms with Crippen LogP contribution in [-0.2, 0) is 0 Å². The van der Waals surface area contributed by atoms with Gasteiger partial charge < -0.3 is 4.57 Å². The summed E-state index contributed by atoms with van der Waals surface area (Å²) < 4.78 is 4.89. The van der Waals surface area contributed by atoms with Crippen LogP contribution in [0.4, 0.5) is 0 Å². The zero-order valence-corrected chi connectivity index (χ0v) is 43.7. The molecule has 0 saturated heterocycles. The fourth-order valence-electron chi connectivity index (χ4n) is 11.9. The third-order valence-electron chi connectivity index (χ3n) is 15.8. The van der Waals surface area contributed by atoms with Crippen molar-refractivity contribution in [3.05, 3.63) is 303 Å². The van der Waals surface area contributed by atoms with Crippen molar-refractivity contribution in [1.82, 2.24) is 19.1 Å². The molecule has 0 saturated carbocycles. The number of hydrogen-bond donors (Lipinski definition) is 0. The number of nitrogens with zero attached hydrogens (tertiary/aromatic N) is 4. The van der Waals surface area contributed by atoms with Crippen LogP contribution in [0.5, 0.6) is 0 Å². The van der Waals surface area contributed by atoms with E-state index in [0.717, 1.165) is 111 Å². The van der Waals surface area contributed by atoms with E-state index in [1.807, 2.05) is 6.20 Å². The van der Waals surface area contributed by atoms with Crippen LogP contribution in [0.25, 0.3) is 144 Å². The van der Waals surface area contributed by atoms with E-state index >= 15 is 0 Å². The van der Waals surface area contributed by atoms with Gasteiger partial charge in [-0.15, -0.1) is 0 Å². The first kappa shape index (κ1) is 46.6. The molecule has 374 valence electrons. The van der Waals surface area contributed by atoms with E-state index in [9.17, 15) is 0 Å². The number of pyridine rings is 2. The summed E-state index contributed by atoms with van der Waals surface area (Å²) in [6, 6.07) is 107. The van der Waals surface area contributed by atoms with E-state index in [1.165, 1.54) is 33.0 Å². The first-order valence-electron chi connectivity index (χ1n) is 27.3. The van der Waals surface area contributed by atoms with Gasteiger partial charge >= 0.3 is 0 Å². The maximum absolute atomic E-state index is 5.55. The molecule has 0 aliphatic rings. The Morgan fingerprint density at radius 3 is 0.887 bits per heavy atom. The number of benzene rings is 11. The van der Waals surface area contributed by atoms with E-state index in [2.05, 4.69) is 306 Å². The molecule has 80 heavy (non-hydrogen) atoms. The van der Waals surface area contributed by atoms with Crippen molar-refractivity contribution in [2.24, 2.45) is 0 Å². The SMILES string of the molecule is c1ccc(-c2ccc3c(c2)c2cc(-c4ccccc4)ccc2n3-c2nccc(-c3ccc(-c4cc(-c5ccccc5)nc(-c5ccccc5)c4)cc3)c2-n2c3ccc(-c4ccccc4)cc3c3cc(-c4ccccc4)ccc32)cc1. The van der Waals surface area contributed by atoms with Gasteiger partial charge in [0.2, 0.25) is 0 Å². The molecular formula is C76H50N4. The smallest absolute Gasteiger partial charge is 0.162 e. The average Bonchev–Trinajstić information content (AvgIpc) is 4.27. The summed E-state index contributed by atoms with van der Waals surface area (Å²) in [7, 11) is 0. The average molecular weight is 1020 g/mol. The molecule has 0 unspecified atom stereocenters. The predicted molar refractivity (Wildman–Crippen MR) is 334 cm³/mol. The molecule has 0 atom stereocenters. The van der Waals surface area contributed by atoms with Gasteiger partial charge in [0.25, 0.3) is 0 Å². The normalized spacial score (nSPS) is 11.5. The Hall–Kier alpha value is -10.7. The van der Waals surface area contributed by atoms with Gasteiger partial charge in [0.1, 0.15) is 0 Å². The molecule has 4 heterocycles. The monoisotopic (exact) mass is 1020 g/mol. The maximum Gasteiger partial charge on any atom is 0.162 e. The Labute approximate surface area is 464 Å². The summed E-state index contributed by atoms with van der Waals surface area (Å²) in [6.45, 7) is 0. The van der Waals surface area contributed by atoms with Gasteiger partial charge in [0, 0.05) is 44.4 Å². The van der Waals surface area contributed by atoms with Gasteiger partial charge in [-0.1, -0.05) is 231 Å². The van der Waals surface area contributed by atoms with E-state index in [1.54, 1.807) is 0 Å². The summed E-state index contributed by atoms with van der Waals surface area (Å²) in [5.74, 6) is 0.832. The standard InChI is InChI=1S/C76H50N4/c1-7-19-51(20-8-1)59-35-39-71-65(45-59)66-46-60(52-21-9-2-10-22-52)36-40-72(66)79(71)75-64(56-33-31-55(32-34-56)63-49-69(57-27-15-5-16-28-57)78-70(50-63)58-29-17-6-18-30-58)43-44-77-76(75)80-73-41-37-61(53-23-11-3-12-24-53)47-67(73)68-48-62(38-42-74(68)80)54-25-13-4-14-26-54/h1-50H. The Kier molecular flexibility index (Phi) is 11.5. The topological polar surface area (TPSA) is 35.6 Å². The van der Waals surface area contributed by atoms with Crippen LogP contribution in [0, 0.1) is 0 Å². The minimum atomic E-state index is 0.832. The van der Waals surface area contributed by atoms with Crippen molar-refractivity contribution in [2.75, 3.05) is 0 Å². The molecule has 4 aromatic heterocycles. The molecule has 0 aliphatic heterocycles. The molecule has 0 aliphatic carbocycles. The molecule has 0 fully saturated rings. The molecule has 4 nitrogen and oxygen atoms in total. The number of fused-ring (bicyclic) bond motifs is 6. The lowest BCUT2D eigenvalue weighted by Gasteiger charge is -2.20. The van der Waals surface area contributed by atoms with E-state index < -0.39 is 0 Å². The van der Waals surface area contributed by atoms with Crippen LogP contribution in [0.3, 0.4) is 0 Å². The summed E-state index contributed by atoms with van der Waals surface area (Å²) in [5.41, 5.74) is 23.0. The van der Waals surface area contributed by atoms with Crippen LogP contribution in [0.2, 0.25) is 0 Å². The molecule has 4 heteroatoms. The highest BCUT2D eigenvalue weighted by atomic mass is 15.1. The lowest BCUT2D eigenvalue weighted by Crippen LogP contribution is -2.08. The third-order valence-corrected chi connectivity index (χ3v) is 15.8. The molecule has 0 spiro atoms. The molecule has 0 amide bonds. The van der Waals surface area contributed by atoms with Crippen LogP contribution in [0.1, 0.15) is 0 Å². The highest BCUT2D eigenvalue weighted by Crippen LogP contribution is 2.45. The highest BCUT2D eigenvalue weighted by molar-refractivity contribution is 6.14. The van der Waals surface area contributed by atoms with Gasteiger partial charge in [-0.05, 0) is 128 Å². The van der Waals surface area contributed by atoms with Crippen molar-refractivity contribution < 1.29 is 0 Å². The molecule has 15 aromatic rings. The second-order valence-electron chi connectivity index (χ2n) is 20.5. The summed E-state index contributed by atoms with van der Waals surface area (Å²) in [5, 5.41) is 4.65. The highest BCUT2D eigenvalue weighted by Gasteiger charge is 2.25. The number of hydrogen-bond acceptors (Lipinski definition) is 2. The quantitative estimate of drug-likeness (QED) is 0.137. The number of rotatable bonds is 10. The Bertz CT molecular complexity index is 4510. The second kappa shape index (κ2) is 19.7. The summed E-state index contributed by atoms with van der Waals surface area (Å²) in [4.78, 5) is 10.8. The predicted octanol–water partition coefficient (Wildman–Crippen LogP) is 20.0. The molecule has 15 rings (SSSR count). The van der Waals surface area contributed by atoms with Gasteiger partial charge in [-0.2, -0.15) is 0 Å². The van der Waals surface area contributed by atoms with Crippen LogP contribution in [-0.4, -0.2) is 19.1 Å². The molecule has 0 radical (unpaired) electrons. The third kappa shape index (κ3) is 8.26. The minimum absolute atomic E-state index is 0.832. The van der Waals surface area contributed by atoms with E-state index in [4.69, 9.17) is 9.97 Å². The fourth-order valence-corrected chi connectivity index (χ4v) is 11.9. The van der Waals surface area contributed by atoms with Crippen molar-refractivity contribution in [2.45, 2.75) is 0 Å². The molecule has 0 N–H and O–H groups in total. The van der Waals surface area contributed by atoms with Gasteiger partial charge in [-0.3, -0.25) is 4.57 Å². The molecular weight excluding hydrogens is 969 g/mol. The van der Waals surface area contributed by atoms with Crippen LogP contribution >= 0.6 is 0 Å². The first-order valence-corrected chi connectivity index (χ1v) is 27.3. The van der Waals surface area contributed by atoms with E-state index in [-0.39, 0.29) is 0 Å². The molecule has 11 aromatic carbocycles. The Morgan fingerprint density at radius 2 is 0.525 bits per heavy atom. The Morgan fingerprint density at radius 1 is 0.225 bits per heavy atom. The van der Waals surface area contributed by atoms with Crippen LogP contribution < -0.4 is 0 Å². The second-order valence-corrected chi connectivity index (χ2v) is 20.5. The van der Waals surface area contributed by atoms with Crippen molar-refractivity contribution in [3.8, 4) is 101 Å². The van der Waals surface area contributed by atoms with Crippen molar-refractivity contribution >= 4 is 43.6 Å². The van der Waals surface area contributed by atoms with Crippen molar-refractivity contribution in [3.63, 3.8) is 0 Å². The van der Waals surface area contributed by atoms with Crippen LogP contribution in [0.15, 0.2) is 303 Å². The minimum Gasteiger partial charge on any atom is -0.305 e. The zero-order chi connectivity index (χ0) is 52.9. The van der Waals surface area contributed by atoms with Gasteiger partial charge in [0.05, 0.1) is 39.1 Å². The van der Waals surface area contributed by atoms with Gasteiger partial charge in [0.15, 0.2) is 5.82 Å². The molecule has 0 bridgehead atoms. The fraction of sp³-hybridized carbons (Fsp3) is 0. The Balaban J connectivity index is 1.00. The first-order chi connectivity index (χ1) is 39.7.